The van der Waals surface area contributed by atoms with E-state index in [0.717, 1.165) is 17.1 Å². The van der Waals surface area contributed by atoms with Gasteiger partial charge in [0.15, 0.2) is 0 Å². The summed E-state index contributed by atoms with van der Waals surface area (Å²) in [5, 5.41) is 10.1. The summed E-state index contributed by atoms with van der Waals surface area (Å²) in [5.74, 6) is 4.69. The van der Waals surface area contributed by atoms with Crippen LogP contribution in [-0.4, -0.2) is 29.1 Å². The van der Waals surface area contributed by atoms with Gasteiger partial charge in [0.1, 0.15) is 11.4 Å². The summed E-state index contributed by atoms with van der Waals surface area (Å²) >= 11 is 0. The van der Waals surface area contributed by atoms with Crippen LogP contribution in [0.2, 0.25) is 0 Å². The molecule has 33 heavy (non-hydrogen) atoms. The third-order valence-electron chi connectivity index (χ3n) is 4.03. The van der Waals surface area contributed by atoms with E-state index in [0.29, 0.717) is 11.3 Å². The number of carboxylic acid groups (broad SMARTS) is 1. The van der Waals surface area contributed by atoms with Gasteiger partial charge in [-0.3, -0.25) is 5.01 Å². The Balaban J connectivity index is 2.31. The second-order valence-electron chi connectivity index (χ2n) is 6.49. The van der Waals surface area contributed by atoms with Crippen LogP contribution in [0.3, 0.4) is 0 Å². The summed E-state index contributed by atoms with van der Waals surface area (Å²) in [7, 11) is 0. The van der Waals surface area contributed by atoms with Gasteiger partial charge in [-0.1, -0.05) is 18.2 Å². The first-order chi connectivity index (χ1) is 15.2. The van der Waals surface area contributed by atoms with Gasteiger partial charge in [-0.15, -0.1) is 0 Å². The van der Waals surface area contributed by atoms with Crippen LogP contribution in [0, 0.1) is 0 Å². The minimum Gasteiger partial charge on any atom is -0.478 e. The van der Waals surface area contributed by atoms with Crippen molar-refractivity contribution in [3.63, 3.8) is 0 Å². The molecule has 0 bridgehead atoms. The van der Waals surface area contributed by atoms with Crippen molar-refractivity contribution in [3.8, 4) is 0 Å². The van der Waals surface area contributed by atoms with Gasteiger partial charge in [-0.2, -0.15) is 26.3 Å². The largest absolute Gasteiger partial charge is 0.478 e. The zero-order valence-electron chi connectivity index (χ0n) is 16.5. The number of allylic oxidation sites excluding steroid dienone is 2. The number of carbonyl (C=O) groups is 1. The van der Waals surface area contributed by atoms with Gasteiger partial charge in [-0.05, 0) is 42.0 Å². The summed E-state index contributed by atoms with van der Waals surface area (Å²) in [6.45, 7) is 0. The zero-order valence-corrected chi connectivity index (χ0v) is 16.5. The van der Waals surface area contributed by atoms with Gasteiger partial charge in [0.25, 0.3) is 0 Å². The highest BCUT2D eigenvalue weighted by Crippen LogP contribution is 2.27. The van der Waals surface area contributed by atoms with E-state index in [1.165, 1.54) is 42.6 Å². The molecule has 0 amide bonds. The maximum Gasteiger partial charge on any atom is 0.433 e. The molecule has 0 fully saturated rings. The minimum atomic E-state index is -5.18. The van der Waals surface area contributed by atoms with Gasteiger partial charge in [0.05, 0.1) is 22.6 Å². The number of rotatable bonds is 6. The molecule has 0 atom stereocenters. The lowest BCUT2D eigenvalue weighted by atomic mass is 10.1. The molecule has 0 saturated heterocycles. The summed E-state index contributed by atoms with van der Waals surface area (Å²) in [4.78, 5) is 14.3. The van der Waals surface area contributed by atoms with E-state index in [9.17, 15) is 31.1 Å². The van der Waals surface area contributed by atoms with Crippen LogP contribution in [0.4, 0.5) is 37.7 Å². The monoisotopic (exact) mass is 473 g/mol. The molecule has 0 aromatic heterocycles. The fraction of sp³-hybridized carbons (Fsp3) is 0.100. The fourth-order valence-corrected chi connectivity index (χ4v) is 2.37. The Bertz CT molecular complexity index is 1110. The van der Waals surface area contributed by atoms with Crippen LogP contribution in [0.5, 0.6) is 0 Å². The van der Waals surface area contributed by atoms with Crippen molar-refractivity contribution >= 4 is 28.8 Å². The maximum absolute atomic E-state index is 13.1. The standard InChI is InChI=1S/C20H17F6N5O2/c21-19(22,23)16(28)9-17(20(24,25)26)30-13-6-4-11(5-7-13)15(27)10-31(29)14-3-1-2-12(8-14)18(32)33/h1-10H,27-29H2,(H,32,33)/b15-10-,16-9?,30-17?. The summed E-state index contributed by atoms with van der Waals surface area (Å²) in [5.41, 5.74) is 7.15. The number of alkyl halides is 6. The Kier molecular flexibility index (Phi) is 7.38. The lowest BCUT2D eigenvalue weighted by Crippen LogP contribution is -2.26. The van der Waals surface area contributed by atoms with E-state index < -0.39 is 29.7 Å². The molecule has 0 aliphatic carbocycles. The van der Waals surface area contributed by atoms with Gasteiger partial charge >= 0.3 is 18.3 Å². The second-order valence-corrected chi connectivity index (χ2v) is 6.49. The van der Waals surface area contributed by atoms with Gasteiger partial charge in [0, 0.05) is 6.20 Å². The first-order valence-electron chi connectivity index (χ1n) is 8.83. The lowest BCUT2D eigenvalue weighted by molar-refractivity contribution is -0.0928. The molecule has 0 aliphatic rings. The highest BCUT2D eigenvalue weighted by Gasteiger charge is 2.38. The van der Waals surface area contributed by atoms with Gasteiger partial charge in [0.2, 0.25) is 0 Å². The number of hydrogen-bond donors (Lipinski definition) is 4. The first kappa shape index (κ1) is 25.3. The lowest BCUT2D eigenvalue weighted by Gasteiger charge is -2.16. The Morgan fingerprint density at radius 2 is 1.55 bits per heavy atom. The van der Waals surface area contributed by atoms with E-state index in [4.69, 9.17) is 16.7 Å². The normalized spacial score (nSPS) is 13.7. The number of halogens is 6. The van der Waals surface area contributed by atoms with Crippen LogP contribution >= 0.6 is 0 Å². The molecule has 0 heterocycles. The Hall–Kier alpha value is -4.00. The number of aromatic carboxylic acids is 1. The number of hydrogen-bond acceptors (Lipinski definition) is 6. The number of benzene rings is 2. The predicted octanol–water partition coefficient (Wildman–Crippen LogP) is 4.06. The molecule has 176 valence electrons. The van der Waals surface area contributed by atoms with Crippen LogP contribution in [0.15, 0.2) is 71.5 Å². The third-order valence-corrected chi connectivity index (χ3v) is 4.03. The average molecular weight is 473 g/mol. The second kappa shape index (κ2) is 9.65. The van der Waals surface area contributed by atoms with Crippen LogP contribution in [0.1, 0.15) is 15.9 Å². The summed E-state index contributed by atoms with van der Waals surface area (Å²) in [6.07, 6.45) is -9.38. The molecule has 7 nitrogen and oxygen atoms in total. The van der Waals surface area contributed by atoms with Gasteiger partial charge in [-0.25, -0.2) is 15.6 Å². The number of hydrazine groups is 1. The van der Waals surface area contributed by atoms with E-state index in [-0.39, 0.29) is 23.0 Å². The number of aliphatic imine (C=N–C) groups is 1. The van der Waals surface area contributed by atoms with Crippen molar-refractivity contribution in [3.05, 3.63) is 77.6 Å². The Morgan fingerprint density at radius 3 is 2.06 bits per heavy atom. The highest BCUT2D eigenvalue weighted by molar-refractivity contribution is 6.01. The number of nitrogens with two attached hydrogens (primary N) is 3. The molecule has 0 aliphatic heterocycles. The van der Waals surface area contributed by atoms with Crippen molar-refractivity contribution < 1.29 is 36.2 Å². The molecule has 2 rings (SSSR count). The Labute approximate surface area is 183 Å². The summed E-state index contributed by atoms with van der Waals surface area (Å²) in [6, 6.07) is 10.4. The number of carboxylic acids is 1. The molecule has 0 unspecified atom stereocenters. The van der Waals surface area contributed by atoms with Crippen molar-refractivity contribution in [1.82, 2.24) is 0 Å². The first-order valence-corrected chi connectivity index (χ1v) is 8.83. The predicted molar refractivity (Wildman–Crippen MR) is 110 cm³/mol. The molecular formula is C20H17F6N5O2. The van der Waals surface area contributed by atoms with Crippen molar-refractivity contribution in [2.75, 3.05) is 5.01 Å². The topological polar surface area (TPSA) is 131 Å². The zero-order chi connectivity index (χ0) is 25.0. The van der Waals surface area contributed by atoms with E-state index in [2.05, 4.69) is 10.7 Å². The van der Waals surface area contributed by atoms with Gasteiger partial charge < -0.3 is 16.6 Å². The molecule has 2 aromatic carbocycles. The van der Waals surface area contributed by atoms with E-state index >= 15 is 0 Å². The van der Waals surface area contributed by atoms with E-state index in [1.807, 2.05) is 0 Å². The summed E-state index contributed by atoms with van der Waals surface area (Å²) < 4.78 is 76.6. The molecule has 2 aromatic rings. The van der Waals surface area contributed by atoms with Crippen LogP contribution in [-0.2, 0) is 0 Å². The maximum atomic E-state index is 13.1. The molecular weight excluding hydrogens is 456 g/mol. The van der Waals surface area contributed by atoms with Crippen molar-refractivity contribution in [2.45, 2.75) is 12.4 Å². The highest BCUT2D eigenvalue weighted by atomic mass is 19.4. The number of anilines is 1. The average Bonchev–Trinajstić information content (AvgIpc) is 2.72. The number of nitrogens with zero attached hydrogens (tertiary/aromatic N) is 2. The molecule has 0 spiro atoms. The smallest absolute Gasteiger partial charge is 0.433 e. The van der Waals surface area contributed by atoms with Crippen LogP contribution in [0.25, 0.3) is 5.70 Å². The molecule has 13 heteroatoms. The molecule has 0 radical (unpaired) electrons. The van der Waals surface area contributed by atoms with Crippen LogP contribution < -0.4 is 22.3 Å². The Morgan fingerprint density at radius 1 is 0.939 bits per heavy atom. The molecule has 0 saturated carbocycles. The third kappa shape index (κ3) is 7.00. The van der Waals surface area contributed by atoms with Crippen molar-refractivity contribution in [2.24, 2.45) is 22.3 Å². The van der Waals surface area contributed by atoms with E-state index in [1.54, 1.807) is 0 Å². The minimum absolute atomic E-state index is 0.0159. The fourth-order valence-electron chi connectivity index (χ4n) is 2.37. The molecule has 7 N–H and O–H groups in total. The van der Waals surface area contributed by atoms with Crippen molar-refractivity contribution in [1.29, 1.82) is 0 Å². The SMILES string of the molecule is NC(=CC(=Nc1ccc(/C(N)=C/N(N)c2cccc(C(=O)O)c2)cc1)C(F)(F)F)C(F)(F)F. The quantitative estimate of drug-likeness (QED) is 0.217.